The summed E-state index contributed by atoms with van der Waals surface area (Å²) in [5, 5.41) is 4.12. The van der Waals surface area contributed by atoms with Crippen LogP contribution in [-0.4, -0.2) is 19.7 Å². The number of hydrogen-bond acceptors (Lipinski definition) is 2. The quantitative estimate of drug-likeness (QED) is 0.733. The number of nitrogens with one attached hydrogen (secondary N) is 1. The minimum Gasteiger partial charge on any atom is -0.461 e. The van der Waals surface area contributed by atoms with E-state index in [9.17, 15) is 4.79 Å². The zero-order chi connectivity index (χ0) is 15.4. The van der Waals surface area contributed by atoms with Gasteiger partial charge in [-0.25, -0.2) is 0 Å². The Morgan fingerprint density at radius 2 is 1.82 bits per heavy atom. The van der Waals surface area contributed by atoms with E-state index in [1.54, 1.807) is 0 Å². The Bertz CT molecular complexity index is 734. The zero-order valence-corrected chi connectivity index (χ0v) is 12.6. The van der Waals surface area contributed by atoms with E-state index in [-0.39, 0.29) is 11.8 Å². The van der Waals surface area contributed by atoms with E-state index in [0.717, 1.165) is 22.3 Å². The number of hydrogen-bond donors (Lipinski definition) is 1. The third-order valence-corrected chi connectivity index (χ3v) is 3.60. The third kappa shape index (κ3) is 3.58. The summed E-state index contributed by atoms with van der Waals surface area (Å²) in [5.74, 6) is 0.972. The van der Waals surface area contributed by atoms with Crippen LogP contribution in [0.1, 0.15) is 11.3 Å². The second-order valence-corrected chi connectivity index (χ2v) is 5.59. The van der Waals surface area contributed by atoms with Crippen LogP contribution in [0.15, 0.2) is 65.1 Å². The predicted octanol–water partition coefficient (Wildman–Crippen LogP) is 2.29. The van der Waals surface area contributed by atoms with Gasteiger partial charge in [-0.05, 0) is 17.7 Å². The van der Waals surface area contributed by atoms with Crippen LogP contribution < -0.4 is 5.32 Å². The summed E-state index contributed by atoms with van der Waals surface area (Å²) in [6.45, 7) is 0. The van der Waals surface area contributed by atoms with Crippen molar-refractivity contribution >= 4 is 24.7 Å². The molecule has 0 saturated carbocycles. The van der Waals surface area contributed by atoms with Gasteiger partial charge in [-0.15, -0.1) is 0 Å². The van der Waals surface area contributed by atoms with Gasteiger partial charge >= 0.3 is 0 Å². The van der Waals surface area contributed by atoms with Crippen LogP contribution in [0, 0.1) is 0 Å². The van der Waals surface area contributed by atoms with E-state index in [4.69, 9.17) is 4.42 Å². The standard InChI is InChI=1S/C18H18BNO2/c19-17(20-18(21)10-13-6-2-1-3-7-13)12-15-11-14-8-4-5-9-16(14)22-15/h1-9,11,17H,10,12,19H2,(H,20,21)/t17-/m0/s1. The summed E-state index contributed by atoms with van der Waals surface area (Å²) in [5.41, 5.74) is 1.91. The maximum atomic E-state index is 12.0. The molecule has 1 N–H and O–H groups in total. The molecule has 0 aliphatic heterocycles. The fraction of sp³-hybridized carbons (Fsp3) is 0.167. The molecular weight excluding hydrogens is 273 g/mol. The van der Waals surface area contributed by atoms with Gasteiger partial charge in [-0.3, -0.25) is 4.79 Å². The second kappa shape index (κ2) is 6.52. The lowest BCUT2D eigenvalue weighted by molar-refractivity contribution is -0.120. The fourth-order valence-electron chi connectivity index (χ4n) is 2.60. The highest BCUT2D eigenvalue weighted by Crippen LogP contribution is 2.19. The number of furan rings is 1. The fourth-order valence-corrected chi connectivity index (χ4v) is 2.60. The molecule has 1 aromatic heterocycles. The van der Waals surface area contributed by atoms with Crippen molar-refractivity contribution in [1.82, 2.24) is 5.32 Å². The molecule has 110 valence electrons. The Morgan fingerprint density at radius 1 is 1.09 bits per heavy atom. The third-order valence-electron chi connectivity index (χ3n) is 3.60. The molecule has 0 aliphatic carbocycles. The van der Waals surface area contributed by atoms with Gasteiger partial charge in [0, 0.05) is 17.7 Å². The first-order valence-electron chi connectivity index (χ1n) is 7.51. The molecule has 0 spiro atoms. The predicted molar refractivity (Wildman–Crippen MR) is 90.5 cm³/mol. The Kier molecular flexibility index (Phi) is 4.28. The Hall–Kier alpha value is -2.49. The largest absolute Gasteiger partial charge is 0.461 e. The van der Waals surface area contributed by atoms with Gasteiger partial charge in [0.15, 0.2) is 0 Å². The number of amides is 1. The molecule has 1 amide bonds. The van der Waals surface area contributed by atoms with Crippen LogP contribution in [0.3, 0.4) is 0 Å². The summed E-state index contributed by atoms with van der Waals surface area (Å²) in [6.07, 6.45) is 1.10. The van der Waals surface area contributed by atoms with E-state index in [0.29, 0.717) is 12.8 Å². The molecule has 3 nitrogen and oxygen atoms in total. The lowest BCUT2D eigenvalue weighted by atomic mass is 9.91. The lowest BCUT2D eigenvalue weighted by Gasteiger charge is -2.12. The first kappa shape index (κ1) is 14.5. The number of benzene rings is 2. The molecule has 1 atom stereocenters. The molecule has 0 unspecified atom stereocenters. The summed E-state index contributed by atoms with van der Waals surface area (Å²) in [7, 11) is 2.00. The van der Waals surface area contributed by atoms with Crippen molar-refractivity contribution in [2.24, 2.45) is 0 Å². The molecule has 4 heteroatoms. The van der Waals surface area contributed by atoms with E-state index in [1.807, 2.05) is 68.5 Å². The Labute approximate surface area is 130 Å². The minimum atomic E-state index is 0.0369. The maximum Gasteiger partial charge on any atom is 0.223 e. The molecule has 1 heterocycles. The van der Waals surface area contributed by atoms with Crippen molar-refractivity contribution in [3.8, 4) is 0 Å². The Balaban J connectivity index is 1.57. The van der Waals surface area contributed by atoms with Gasteiger partial charge < -0.3 is 9.73 Å². The summed E-state index contributed by atoms with van der Waals surface area (Å²) >= 11 is 0. The van der Waals surface area contributed by atoms with Crippen molar-refractivity contribution in [2.45, 2.75) is 18.8 Å². The van der Waals surface area contributed by atoms with Gasteiger partial charge in [-0.2, -0.15) is 0 Å². The minimum absolute atomic E-state index is 0.0369. The second-order valence-electron chi connectivity index (χ2n) is 5.59. The van der Waals surface area contributed by atoms with E-state index < -0.39 is 0 Å². The van der Waals surface area contributed by atoms with Gasteiger partial charge in [-0.1, -0.05) is 48.5 Å². The van der Waals surface area contributed by atoms with Crippen LogP contribution in [0.4, 0.5) is 0 Å². The van der Waals surface area contributed by atoms with Crippen LogP contribution in [0.25, 0.3) is 11.0 Å². The molecule has 22 heavy (non-hydrogen) atoms. The Morgan fingerprint density at radius 3 is 2.59 bits per heavy atom. The highest BCUT2D eigenvalue weighted by molar-refractivity contribution is 6.13. The topological polar surface area (TPSA) is 42.2 Å². The highest BCUT2D eigenvalue weighted by atomic mass is 16.3. The van der Waals surface area contributed by atoms with E-state index in [2.05, 4.69) is 5.32 Å². The maximum absolute atomic E-state index is 12.0. The highest BCUT2D eigenvalue weighted by Gasteiger charge is 2.11. The van der Waals surface area contributed by atoms with Crippen molar-refractivity contribution in [3.63, 3.8) is 0 Å². The number of rotatable bonds is 5. The number of para-hydroxylation sites is 1. The van der Waals surface area contributed by atoms with Crippen molar-refractivity contribution in [2.75, 3.05) is 0 Å². The molecule has 0 fully saturated rings. The lowest BCUT2D eigenvalue weighted by Crippen LogP contribution is -2.37. The first-order valence-corrected chi connectivity index (χ1v) is 7.51. The van der Waals surface area contributed by atoms with Crippen LogP contribution in [0.2, 0.25) is 0 Å². The van der Waals surface area contributed by atoms with Gasteiger partial charge in [0.2, 0.25) is 5.91 Å². The molecule has 0 radical (unpaired) electrons. The van der Waals surface area contributed by atoms with Crippen molar-refractivity contribution in [1.29, 1.82) is 0 Å². The number of carbonyl (C=O) groups is 1. The van der Waals surface area contributed by atoms with E-state index in [1.165, 1.54) is 0 Å². The molecular formula is C18H18BNO2. The van der Waals surface area contributed by atoms with Gasteiger partial charge in [0.05, 0.1) is 6.42 Å². The van der Waals surface area contributed by atoms with Crippen LogP contribution in [-0.2, 0) is 17.6 Å². The average molecular weight is 291 g/mol. The zero-order valence-electron chi connectivity index (χ0n) is 12.6. The summed E-state index contributed by atoms with van der Waals surface area (Å²) in [4.78, 5) is 12.0. The number of carbonyl (C=O) groups excluding carboxylic acids is 1. The molecule has 3 rings (SSSR count). The van der Waals surface area contributed by atoms with E-state index >= 15 is 0 Å². The molecule has 3 aromatic rings. The summed E-state index contributed by atoms with van der Waals surface area (Å²) < 4.78 is 5.79. The SMILES string of the molecule is B[C@H](Cc1cc2ccccc2o1)NC(=O)Cc1ccccc1. The normalized spacial score (nSPS) is 12.2. The van der Waals surface area contributed by atoms with Crippen molar-refractivity contribution in [3.05, 3.63) is 72.0 Å². The van der Waals surface area contributed by atoms with Gasteiger partial charge in [0.1, 0.15) is 19.2 Å². The number of fused-ring (bicyclic) bond motifs is 1. The van der Waals surface area contributed by atoms with Crippen LogP contribution >= 0.6 is 0 Å². The van der Waals surface area contributed by atoms with Crippen LogP contribution in [0.5, 0.6) is 0 Å². The molecule has 0 saturated heterocycles. The average Bonchev–Trinajstić information content (AvgIpc) is 2.89. The summed E-state index contributed by atoms with van der Waals surface area (Å²) in [6, 6.07) is 19.7. The molecule has 2 aromatic carbocycles. The smallest absolute Gasteiger partial charge is 0.223 e. The molecule has 0 aliphatic rings. The molecule has 0 bridgehead atoms. The van der Waals surface area contributed by atoms with Crippen molar-refractivity contribution < 1.29 is 9.21 Å². The first-order chi connectivity index (χ1) is 10.7. The van der Waals surface area contributed by atoms with Gasteiger partial charge in [0.25, 0.3) is 0 Å². The monoisotopic (exact) mass is 291 g/mol.